The highest BCUT2D eigenvalue weighted by Gasteiger charge is 2.19. The number of hydrogen-bond acceptors (Lipinski definition) is 1. The highest BCUT2D eigenvalue weighted by atomic mass is 35.5. The molecule has 1 rings (SSSR count). The average Bonchev–Trinajstić information content (AvgIpc) is 2.71. The normalized spacial score (nSPS) is 16.1. The smallest absolute Gasteiger partial charge is 0.00773 e. The summed E-state index contributed by atoms with van der Waals surface area (Å²) in [5.74, 6) is 1.12. The van der Waals surface area contributed by atoms with Crippen molar-refractivity contribution in [2.75, 3.05) is 6.54 Å². The van der Waals surface area contributed by atoms with Gasteiger partial charge in [0.25, 0.3) is 0 Å². The molecule has 0 heterocycles. The van der Waals surface area contributed by atoms with E-state index in [1.54, 1.807) is 0 Å². The molecule has 0 aromatic heterocycles. The molecule has 0 aliphatic heterocycles. The summed E-state index contributed by atoms with van der Waals surface area (Å²) in [5, 5.41) is 0. The van der Waals surface area contributed by atoms with Gasteiger partial charge in [0.15, 0.2) is 0 Å². The van der Waals surface area contributed by atoms with E-state index in [0.717, 1.165) is 12.5 Å². The van der Waals surface area contributed by atoms with Gasteiger partial charge >= 0.3 is 0 Å². The van der Waals surface area contributed by atoms with Crippen molar-refractivity contribution in [3.8, 4) is 0 Å². The number of nitrogens with two attached hydrogens (primary N) is 1. The third-order valence-corrected chi connectivity index (χ3v) is 2.26. The fraction of sp³-hybridized carbons (Fsp3) is 1.00. The lowest BCUT2D eigenvalue weighted by Gasteiger charge is -1.97. The molecule has 1 aliphatic carbocycles. The minimum Gasteiger partial charge on any atom is -0.330 e. The van der Waals surface area contributed by atoms with Gasteiger partial charge in [-0.25, -0.2) is 0 Å². The van der Waals surface area contributed by atoms with Crippen LogP contribution in [0.2, 0.25) is 0 Å². The Labute approximate surface area is 76.1 Å². The maximum Gasteiger partial charge on any atom is -0.00773 e. The number of unbranched alkanes of at least 4 members (excludes halogenated alkanes) is 3. The maximum atomic E-state index is 5.38. The van der Waals surface area contributed by atoms with Gasteiger partial charge in [-0.05, 0) is 18.9 Å². The fourth-order valence-corrected chi connectivity index (χ4v) is 1.34. The van der Waals surface area contributed by atoms with Crippen molar-refractivity contribution in [1.82, 2.24) is 0 Å². The monoisotopic (exact) mass is 177 g/mol. The minimum absolute atomic E-state index is 0. The van der Waals surface area contributed by atoms with E-state index in [1.807, 2.05) is 0 Å². The molecule has 0 saturated heterocycles. The van der Waals surface area contributed by atoms with E-state index < -0.39 is 0 Å². The molecule has 11 heavy (non-hydrogen) atoms. The molecule has 68 valence electrons. The van der Waals surface area contributed by atoms with Gasteiger partial charge in [-0.2, -0.15) is 0 Å². The van der Waals surface area contributed by atoms with E-state index in [1.165, 1.54) is 44.9 Å². The Morgan fingerprint density at radius 1 is 1.00 bits per heavy atom. The second kappa shape index (κ2) is 6.93. The molecule has 1 aliphatic rings. The second-order valence-corrected chi connectivity index (χ2v) is 3.43. The second-order valence-electron chi connectivity index (χ2n) is 3.43. The lowest BCUT2D eigenvalue weighted by Crippen LogP contribution is -1.97. The van der Waals surface area contributed by atoms with Crippen LogP contribution in [0.25, 0.3) is 0 Å². The predicted octanol–water partition coefficient (Wildman–Crippen LogP) is 2.73. The van der Waals surface area contributed by atoms with Crippen molar-refractivity contribution < 1.29 is 0 Å². The van der Waals surface area contributed by atoms with Crippen LogP contribution in [-0.4, -0.2) is 6.54 Å². The molecule has 2 heteroatoms. The molecule has 1 fully saturated rings. The Morgan fingerprint density at radius 3 is 2.18 bits per heavy atom. The van der Waals surface area contributed by atoms with Gasteiger partial charge in [-0.15, -0.1) is 12.4 Å². The predicted molar refractivity (Wildman–Crippen MR) is 52.1 cm³/mol. The quantitative estimate of drug-likeness (QED) is 0.621. The van der Waals surface area contributed by atoms with Gasteiger partial charge < -0.3 is 5.73 Å². The third kappa shape index (κ3) is 6.64. The number of hydrogen-bond donors (Lipinski definition) is 1. The number of halogens is 1. The summed E-state index contributed by atoms with van der Waals surface area (Å²) < 4.78 is 0. The van der Waals surface area contributed by atoms with Crippen molar-refractivity contribution in [3.63, 3.8) is 0 Å². The zero-order valence-electron chi connectivity index (χ0n) is 7.22. The molecule has 0 atom stereocenters. The van der Waals surface area contributed by atoms with E-state index in [9.17, 15) is 0 Å². The van der Waals surface area contributed by atoms with Crippen LogP contribution in [0.3, 0.4) is 0 Å². The van der Waals surface area contributed by atoms with Crippen molar-refractivity contribution in [1.29, 1.82) is 0 Å². The Kier molecular flexibility index (Phi) is 7.09. The Bertz CT molecular complexity index is 81.6. The summed E-state index contributed by atoms with van der Waals surface area (Å²) in [5.41, 5.74) is 5.38. The molecule has 0 spiro atoms. The zero-order chi connectivity index (χ0) is 7.23. The molecular formula is C9H20ClN. The molecule has 0 radical (unpaired) electrons. The van der Waals surface area contributed by atoms with Gasteiger partial charge in [-0.3, -0.25) is 0 Å². The first-order valence-corrected chi connectivity index (χ1v) is 4.63. The van der Waals surface area contributed by atoms with Gasteiger partial charge in [0.2, 0.25) is 0 Å². The molecule has 0 unspecified atom stereocenters. The van der Waals surface area contributed by atoms with Gasteiger partial charge in [-0.1, -0.05) is 38.5 Å². The third-order valence-electron chi connectivity index (χ3n) is 2.26. The fourth-order valence-electron chi connectivity index (χ4n) is 1.34. The minimum atomic E-state index is 0. The lowest BCUT2D eigenvalue weighted by atomic mass is 10.1. The Balaban J connectivity index is 0.000001000. The van der Waals surface area contributed by atoms with Crippen LogP contribution in [-0.2, 0) is 0 Å². The van der Waals surface area contributed by atoms with Crippen LogP contribution in [0, 0.1) is 5.92 Å². The molecule has 0 amide bonds. The zero-order valence-corrected chi connectivity index (χ0v) is 8.04. The topological polar surface area (TPSA) is 26.0 Å². The first kappa shape index (κ1) is 11.2. The highest BCUT2D eigenvalue weighted by Crippen LogP contribution is 2.33. The Morgan fingerprint density at radius 2 is 1.64 bits per heavy atom. The molecule has 0 aromatic rings. The molecule has 0 aromatic carbocycles. The van der Waals surface area contributed by atoms with Crippen LogP contribution < -0.4 is 5.73 Å². The summed E-state index contributed by atoms with van der Waals surface area (Å²) in [7, 11) is 0. The van der Waals surface area contributed by atoms with Crippen LogP contribution in [0.4, 0.5) is 0 Å². The summed E-state index contributed by atoms with van der Waals surface area (Å²) in [6, 6.07) is 0. The molecule has 0 bridgehead atoms. The summed E-state index contributed by atoms with van der Waals surface area (Å²) >= 11 is 0. The maximum absolute atomic E-state index is 5.38. The Hall–Kier alpha value is 0.250. The number of rotatable bonds is 6. The van der Waals surface area contributed by atoms with Crippen LogP contribution in [0.1, 0.15) is 44.9 Å². The van der Waals surface area contributed by atoms with E-state index in [-0.39, 0.29) is 12.4 Å². The van der Waals surface area contributed by atoms with Crippen molar-refractivity contribution >= 4 is 12.4 Å². The van der Waals surface area contributed by atoms with Gasteiger partial charge in [0.1, 0.15) is 0 Å². The molecule has 1 saturated carbocycles. The van der Waals surface area contributed by atoms with Crippen LogP contribution in [0.15, 0.2) is 0 Å². The highest BCUT2D eigenvalue weighted by molar-refractivity contribution is 5.85. The largest absolute Gasteiger partial charge is 0.330 e. The summed E-state index contributed by atoms with van der Waals surface area (Å²) in [4.78, 5) is 0. The van der Waals surface area contributed by atoms with Gasteiger partial charge in [0, 0.05) is 0 Å². The average molecular weight is 178 g/mol. The van der Waals surface area contributed by atoms with Crippen LogP contribution in [0.5, 0.6) is 0 Å². The summed E-state index contributed by atoms with van der Waals surface area (Å²) in [6.45, 7) is 0.878. The summed E-state index contributed by atoms with van der Waals surface area (Å²) in [6.07, 6.45) is 9.95. The van der Waals surface area contributed by atoms with Crippen molar-refractivity contribution in [2.24, 2.45) is 11.7 Å². The van der Waals surface area contributed by atoms with E-state index in [2.05, 4.69) is 0 Å². The lowest BCUT2D eigenvalue weighted by molar-refractivity contribution is 0.588. The molecule has 2 N–H and O–H groups in total. The molecule has 1 nitrogen and oxygen atoms in total. The van der Waals surface area contributed by atoms with E-state index in [4.69, 9.17) is 5.73 Å². The first-order valence-electron chi connectivity index (χ1n) is 4.63. The van der Waals surface area contributed by atoms with Crippen molar-refractivity contribution in [2.45, 2.75) is 44.9 Å². The first-order chi connectivity index (χ1) is 4.93. The standard InChI is InChI=1S/C9H19N.ClH/c10-8-4-2-1-3-5-9-6-7-9;/h9H,1-8,10H2;1H. The van der Waals surface area contributed by atoms with E-state index >= 15 is 0 Å². The van der Waals surface area contributed by atoms with E-state index in [0.29, 0.717) is 0 Å². The SMILES string of the molecule is Cl.NCCCCCCC1CC1. The van der Waals surface area contributed by atoms with Crippen molar-refractivity contribution in [3.05, 3.63) is 0 Å². The van der Waals surface area contributed by atoms with Gasteiger partial charge in [0.05, 0.1) is 0 Å². The van der Waals surface area contributed by atoms with Crippen LogP contribution >= 0.6 is 12.4 Å². The molecular weight excluding hydrogens is 158 g/mol.